The topological polar surface area (TPSA) is 136 Å². The number of aliphatic hydroxyl groups is 2. The first kappa shape index (κ1) is 14.3. The number of imidazole rings is 1. The Bertz CT molecular complexity index is 692. The highest BCUT2D eigenvalue weighted by Crippen LogP contribution is 2.32. The summed E-state index contributed by atoms with van der Waals surface area (Å²) in [5.41, 5.74) is 6.50. The highest BCUT2D eigenvalue weighted by Gasteiger charge is 2.44. The second-order valence-electron chi connectivity index (χ2n) is 4.87. The lowest BCUT2D eigenvalue weighted by atomic mass is 10.1. The molecule has 1 aliphatic heterocycles. The van der Waals surface area contributed by atoms with Crippen LogP contribution in [0.15, 0.2) is 12.7 Å². The van der Waals surface area contributed by atoms with Gasteiger partial charge in [0.15, 0.2) is 17.7 Å². The van der Waals surface area contributed by atoms with E-state index in [0.717, 1.165) is 0 Å². The van der Waals surface area contributed by atoms with Crippen LogP contribution in [0, 0.1) is 0 Å². The van der Waals surface area contributed by atoms with Gasteiger partial charge in [-0.05, 0) is 0 Å². The monoisotopic (exact) mass is 313 g/mol. The van der Waals surface area contributed by atoms with Crippen LogP contribution in [0.4, 0.5) is 5.82 Å². The SMILES string of the molecule is C[S@](=O)C[C@H]1O[C@@H](n2cnc3c(N)ncnc32)[C@H](O)[C@@H]1O. The van der Waals surface area contributed by atoms with E-state index in [1.54, 1.807) is 0 Å². The van der Waals surface area contributed by atoms with E-state index in [-0.39, 0.29) is 11.6 Å². The van der Waals surface area contributed by atoms with Crippen molar-refractivity contribution in [1.29, 1.82) is 0 Å². The third-order valence-corrected chi connectivity index (χ3v) is 4.20. The first-order valence-corrected chi connectivity index (χ1v) is 7.96. The Kier molecular flexibility index (Phi) is 3.61. The van der Waals surface area contributed by atoms with Gasteiger partial charge >= 0.3 is 0 Å². The number of ether oxygens (including phenoxy) is 1. The number of nitrogens with zero attached hydrogens (tertiary/aromatic N) is 4. The maximum Gasteiger partial charge on any atom is 0.167 e. The Balaban J connectivity index is 1.96. The first-order chi connectivity index (χ1) is 9.99. The van der Waals surface area contributed by atoms with Gasteiger partial charge in [0.05, 0.1) is 12.1 Å². The molecule has 2 aromatic rings. The molecule has 10 heteroatoms. The van der Waals surface area contributed by atoms with Crippen LogP contribution in [0.5, 0.6) is 0 Å². The van der Waals surface area contributed by atoms with Crippen molar-refractivity contribution in [2.45, 2.75) is 24.5 Å². The molecule has 4 N–H and O–H groups in total. The Hall–Kier alpha value is -1.62. The number of hydrogen-bond donors (Lipinski definition) is 3. The summed E-state index contributed by atoms with van der Waals surface area (Å²) in [6.45, 7) is 0. The molecule has 0 radical (unpaired) electrons. The molecule has 0 aliphatic carbocycles. The van der Waals surface area contributed by atoms with Crippen molar-refractivity contribution in [1.82, 2.24) is 19.5 Å². The van der Waals surface area contributed by atoms with E-state index in [1.807, 2.05) is 0 Å². The van der Waals surface area contributed by atoms with Gasteiger partial charge in [0.2, 0.25) is 0 Å². The molecule has 0 amide bonds. The molecule has 0 aromatic carbocycles. The maximum absolute atomic E-state index is 11.3. The second kappa shape index (κ2) is 5.30. The van der Waals surface area contributed by atoms with Crippen molar-refractivity contribution in [3.63, 3.8) is 0 Å². The zero-order valence-electron chi connectivity index (χ0n) is 11.2. The minimum absolute atomic E-state index is 0.137. The number of hydrogen-bond acceptors (Lipinski definition) is 8. The van der Waals surface area contributed by atoms with E-state index in [9.17, 15) is 14.4 Å². The van der Waals surface area contributed by atoms with Crippen LogP contribution in [0.2, 0.25) is 0 Å². The molecule has 0 bridgehead atoms. The molecule has 1 aliphatic rings. The normalized spacial score (nSPS) is 30.8. The maximum atomic E-state index is 11.3. The van der Waals surface area contributed by atoms with E-state index in [2.05, 4.69) is 15.0 Å². The summed E-state index contributed by atoms with van der Waals surface area (Å²) in [5.74, 6) is 0.358. The van der Waals surface area contributed by atoms with E-state index in [1.165, 1.54) is 23.5 Å². The summed E-state index contributed by atoms with van der Waals surface area (Å²) in [6, 6.07) is 0. The summed E-state index contributed by atoms with van der Waals surface area (Å²) >= 11 is 0. The van der Waals surface area contributed by atoms with E-state index < -0.39 is 35.3 Å². The van der Waals surface area contributed by atoms with Gasteiger partial charge in [-0.3, -0.25) is 8.78 Å². The van der Waals surface area contributed by atoms with Crippen molar-refractivity contribution in [2.75, 3.05) is 17.7 Å². The average molecular weight is 313 g/mol. The number of fused-ring (bicyclic) bond motifs is 1. The molecule has 0 unspecified atom stereocenters. The van der Waals surface area contributed by atoms with Crippen molar-refractivity contribution in [3.8, 4) is 0 Å². The molecule has 0 spiro atoms. The fraction of sp³-hybridized carbons (Fsp3) is 0.545. The van der Waals surface area contributed by atoms with E-state index >= 15 is 0 Å². The highest BCUT2D eigenvalue weighted by molar-refractivity contribution is 7.84. The molecule has 3 rings (SSSR count). The molecule has 0 saturated carbocycles. The Morgan fingerprint density at radius 1 is 1.38 bits per heavy atom. The van der Waals surface area contributed by atoms with Crippen LogP contribution in [-0.4, -0.2) is 64.3 Å². The van der Waals surface area contributed by atoms with Gasteiger partial charge in [0.25, 0.3) is 0 Å². The fourth-order valence-corrected chi connectivity index (χ4v) is 3.12. The molecule has 3 heterocycles. The minimum Gasteiger partial charge on any atom is -0.387 e. The number of nitrogens with two attached hydrogens (primary N) is 1. The van der Waals surface area contributed by atoms with Crippen molar-refractivity contribution in [3.05, 3.63) is 12.7 Å². The lowest BCUT2D eigenvalue weighted by molar-refractivity contribution is -0.0290. The van der Waals surface area contributed by atoms with Gasteiger partial charge in [0.1, 0.15) is 30.2 Å². The Labute approximate surface area is 122 Å². The number of aliphatic hydroxyl groups excluding tert-OH is 2. The van der Waals surface area contributed by atoms with Crippen LogP contribution < -0.4 is 5.73 Å². The molecule has 21 heavy (non-hydrogen) atoms. The predicted octanol–water partition coefficient (Wildman–Crippen LogP) is -1.59. The Morgan fingerprint density at radius 2 is 2.14 bits per heavy atom. The number of rotatable bonds is 3. The van der Waals surface area contributed by atoms with Crippen LogP contribution in [0.3, 0.4) is 0 Å². The smallest absolute Gasteiger partial charge is 0.167 e. The number of aromatic nitrogens is 4. The standard InChI is InChI=1S/C11H15N5O4S/c1-21(19)2-5-7(17)8(18)11(20-5)16-4-15-6-9(12)13-3-14-10(6)16/h3-5,7-8,11,17-18H,2H2,1H3,(H2,12,13,14)/t5-,7-,8-,11-,21+/m1/s1. The fourth-order valence-electron chi connectivity index (χ4n) is 2.38. The summed E-state index contributed by atoms with van der Waals surface area (Å²) in [4.78, 5) is 12.0. The Morgan fingerprint density at radius 3 is 2.86 bits per heavy atom. The van der Waals surface area contributed by atoms with E-state index in [4.69, 9.17) is 10.5 Å². The third-order valence-electron chi connectivity index (χ3n) is 3.40. The zero-order valence-corrected chi connectivity index (χ0v) is 12.0. The molecular weight excluding hydrogens is 298 g/mol. The highest BCUT2D eigenvalue weighted by atomic mass is 32.2. The van der Waals surface area contributed by atoms with Gasteiger partial charge in [-0.15, -0.1) is 0 Å². The van der Waals surface area contributed by atoms with Gasteiger partial charge in [-0.1, -0.05) is 0 Å². The van der Waals surface area contributed by atoms with Crippen LogP contribution in [-0.2, 0) is 15.5 Å². The molecule has 1 saturated heterocycles. The molecule has 1 fully saturated rings. The van der Waals surface area contributed by atoms with Crippen LogP contribution in [0.1, 0.15) is 6.23 Å². The number of anilines is 1. The van der Waals surface area contributed by atoms with E-state index in [0.29, 0.717) is 11.2 Å². The molecule has 2 aromatic heterocycles. The molecule has 9 nitrogen and oxygen atoms in total. The quantitative estimate of drug-likeness (QED) is 0.616. The average Bonchev–Trinajstić information content (AvgIpc) is 2.96. The van der Waals surface area contributed by atoms with Crippen molar-refractivity contribution in [2.24, 2.45) is 0 Å². The summed E-state index contributed by atoms with van der Waals surface area (Å²) < 4.78 is 18.4. The summed E-state index contributed by atoms with van der Waals surface area (Å²) in [6.07, 6.45) is 0.326. The van der Waals surface area contributed by atoms with Crippen molar-refractivity contribution >= 4 is 27.8 Å². The van der Waals surface area contributed by atoms with Gasteiger partial charge in [-0.25, -0.2) is 15.0 Å². The van der Waals surface area contributed by atoms with Crippen LogP contribution in [0.25, 0.3) is 11.2 Å². The first-order valence-electron chi connectivity index (χ1n) is 6.23. The lowest BCUT2D eigenvalue weighted by Gasteiger charge is -2.16. The molecule has 5 atom stereocenters. The molecule has 114 valence electrons. The second-order valence-corrected chi connectivity index (χ2v) is 6.35. The predicted molar refractivity (Wildman–Crippen MR) is 74.6 cm³/mol. The van der Waals surface area contributed by atoms with Crippen LogP contribution >= 0.6 is 0 Å². The summed E-state index contributed by atoms with van der Waals surface area (Å²) in [5, 5.41) is 20.1. The van der Waals surface area contributed by atoms with Gasteiger partial charge < -0.3 is 20.7 Å². The minimum atomic E-state index is -1.17. The van der Waals surface area contributed by atoms with Gasteiger partial charge in [0, 0.05) is 17.1 Å². The summed E-state index contributed by atoms with van der Waals surface area (Å²) in [7, 11) is -1.15. The van der Waals surface area contributed by atoms with Gasteiger partial charge in [-0.2, -0.15) is 0 Å². The largest absolute Gasteiger partial charge is 0.387 e. The molecular formula is C11H15N5O4S. The zero-order chi connectivity index (χ0) is 15.1. The lowest BCUT2D eigenvalue weighted by Crippen LogP contribution is -2.34. The van der Waals surface area contributed by atoms with Crippen molar-refractivity contribution < 1.29 is 19.2 Å². The number of nitrogen functional groups attached to an aromatic ring is 1. The third kappa shape index (κ3) is 2.39.